The van der Waals surface area contributed by atoms with E-state index in [9.17, 15) is 8.78 Å². The van der Waals surface area contributed by atoms with E-state index in [1.807, 2.05) is 13.0 Å². The highest BCUT2D eigenvalue weighted by Gasteiger charge is 2.24. The monoisotopic (exact) mass is 268 g/mol. The lowest BCUT2D eigenvalue weighted by Crippen LogP contribution is -2.12. The van der Waals surface area contributed by atoms with Crippen LogP contribution in [0.4, 0.5) is 8.78 Å². The van der Waals surface area contributed by atoms with Crippen LogP contribution in [0, 0.1) is 5.92 Å². The third kappa shape index (κ3) is 6.17. The molecule has 2 heteroatoms. The number of alkyl halides is 2. The maximum atomic E-state index is 13.3. The fourth-order valence-electron chi connectivity index (χ4n) is 2.61. The van der Waals surface area contributed by atoms with Crippen molar-refractivity contribution in [1.82, 2.24) is 0 Å². The average Bonchev–Trinajstić information content (AvgIpc) is 2.28. The Morgan fingerprint density at radius 2 is 1.74 bits per heavy atom. The van der Waals surface area contributed by atoms with Gasteiger partial charge in [-0.15, -0.1) is 0 Å². The maximum absolute atomic E-state index is 13.3. The molecule has 0 N–H and O–H groups in total. The molecule has 1 rings (SSSR count). The number of hydrogen-bond acceptors (Lipinski definition) is 0. The van der Waals surface area contributed by atoms with Crippen LogP contribution in [-0.2, 0) is 0 Å². The average molecular weight is 268 g/mol. The molecule has 0 spiro atoms. The third-order valence-electron chi connectivity index (χ3n) is 3.78. The van der Waals surface area contributed by atoms with E-state index in [0.717, 1.165) is 24.5 Å². The molecule has 1 fully saturated rings. The predicted molar refractivity (Wildman–Crippen MR) is 78.5 cm³/mol. The molecular formula is C17H26F2. The molecule has 1 aliphatic carbocycles. The van der Waals surface area contributed by atoms with Gasteiger partial charge in [-0.2, -0.15) is 0 Å². The Labute approximate surface area is 116 Å². The molecule has 0 radical (unpaired) electrons. The molecule has 0 aromatic heterocycles. The Kier molecular flexibility index (Phi) is 5.96. The van der Waals surface area contributed by atoms with Crippen molar-refractivity contribution in [2.24, 2.45) is 5.92 Å². The zero-order valence-corrected chi connectivity index (χ0v) is 12.4. The molecule has 0 unspecified atom stereocenters. The van der Waals surface area contributed by atoms with Crippen LogP contribution in [0.5, 0.6) is 0 Å². The van der Waals surface area contributed by atoms with Crippen LogP contribution < -0.4 is 0 Å². The number of halogens is 2. The molecule has 0 aromatic rings. The van der Waals surface area contributed by atoms with Crippen LogP contribution in [0.1, 0.15) is 59.3 Å². The molecule has 0 bridgehead atoms. The smallest absolute Gasteiger partial charge is 0.202 e. The molecule has 0 saturated heterocycles. The number of allylic oxidation sites excluding steroid dienone is 5. The zero-order chi connectivity index (χ0) is 14.5. The van der Waals surface area contributed by atoms with Gasteiger partial charge in [0.25, 0.3) is 5.92 Å². The van der Waals surface area contributed by atoms with Gasteiger partial charge in [0.1, 0.15) is 0 Å². The van der Waals surface area contributed by atoms with Crippen molar-refractivity contribution in [2.45, 2.75) is 65.2 Å². The van der Waals surface area contributed by atoms with E-state index in [4.69, 9.17) is 0 Å². The zero-order valence-electron chi connectivity index (χ0n) is 12.4. The minimum atomic E-state index is -2.74. The van der Waals surface area contributed by atoms with Gasteiger partial charge in [0.15, 0.2) is 0 Å². The van der Waals surface area contributed by atoms with Crippen molar-refractivity contribution in [3.8, 4) is 0 Å². The summed E-state index contributed by atoms with van der Waals surface area (Å²) in [6.07, 6.45) is 10.8. The maximum Gasteiger partial charge on any atom is 0.266 e. The number of hydrogen-bond donors (Lipinski definition) is 0. The molecule has 0 nitrogen and oxygen atoms in total. The summed E-state index contributed by atoms with van der Waals surface area (Å²) in [7, 11) is 0. The molecular weight excluding hydrogens is 242 g/mol. The van der Waals surface area contributed by atoms with Crippen LogP contribution in [0.3, 0.4) is 0 Å². The Morgan fingerprint density at radius 3 is 2.21 bits per heavy atom. The van der Waals surface area contributed by atoms with Crippen LogP contribution in [0.25, 0.3) is 0 Å². The van der Waals surface area contributed by atoms with E-state index in [1.165, 1.54) is 39.0 Å². The first kappa shape index (κ1) is 16.1. The van der Waals surface area contributed by atoms with Gasteiger partial charge in [0.2, 0.25) is 0 Å². The van der Waals surface area contributed by atoms with Crippen LogP contribution in [-0.4, -0.2) is 5.92 Å². The first-order chi connectivity index (χ1) is 8.79. The summed E-state index contributed by atoms with van der Waals surface area (Å²) in [5.41, 5.74) is 2.06. The van der Waals surface area contributed by atoms with Crippen LogP contribution in [0.15, 0.2) is 35.5 Å². The molecule has 1 saturated carbocycles. The molecule has 1 aliphatic rings. The SMILES string of the molecule is C=C(C)/C=C(\C=C(/C)C(C)(F)F)CC1CCCCC1. The van der Waals surface area contributed by atoms with Crippen molar-refractivity contribution in [3.63, 3.8) is 0 Å². The Balaban J connectivity index is 2.81. The van der Waals surface area contributed by atoms with E-state index in [0.29, 0.717) is 5.92 Å². The quantitative estimate of drug-likeness (QED) is 0.531. The molecule has 0 aromatic carbocycles. The summed E-state index contributed by atoms with van der Waals surface area (Å²) < 4.78 is 26.5. The summed E-state index contributed by atoms with van der Waals surface area (Å²) in [5, 5.41) is 0. The van der Waals surface area contributed by atoms with Gasteiger partial charge >= 0.3 is 0 Å². The summed E-state index contributed by atoms with van der Waals surface area (Å²) in [6.45, 7) is 8.24. The van der Waals surface area contributed by atoms with Gasteiger partial charge in [-0.1, -0.05) is 56.4 Å². The first-order valence-electron chi connectivity index (χ1n) is 7.21. The molecule has 108 valence electrons. The lowest BCUT2D eigenvalue weighted by atomic mass is 9.84. The van der Waals surface area contributed by atoms with Gasteiger partial charge in [-0.05, 0) is 37.3 Å². The lowest BCUT2D eigenvalue weighted by Gasteiger charge is -2.22. The second kappa shape index (κ2) is 7.02. The minimum absolute atomic E-state index is 0.135. The van der Waals surface area contributed by atoms with Gasteiger partial charge < -0.3 is 0 Å². The van der Waals surface area contributed by atoms with Gasteiger partial charge in [-0.25, -0.2) is 8.78 Å². The second-order valence-corrected chi connectivity index (χ2v) is 5.99. The highest BCUT2D eigenvalue weighted by molar-refractivity contribution is 5.31. The van der Waals surface area contributed by atoms with Crippen molar-refractivity contribution in [1.29, 1.82) is 0 Å². The molecule has 0 heterocycles. The topological polar surface area (TPSA) is 0 Å². The van der Waals surface area contributed by atoms with Gasteiger partial charge in [0.05, 0.1) is 0 Å². The fourth-order valence-corrected chi connectivity index (χ4v) is 2.61. The van der Waals surface area contributed by atoms with E-state index in [1.54, 1.807) is 6.08 Å². The second-order valence-electron chi connectivity index (χ2n) is 5.99. The van der Waals surface area contributed by atoms with Gasteiger partial charge in [-0.3, -0.25) is 0 Å². The standard InChI is InChI=1S/C17H26F2/c1-13(2)10-16(11-14(3)17(4,18)19)12-15-8-6-5-7-9-15/h10-11,15H,1,5-9,12H2,2-4H3/b14-11+,16-10+. The van der Waals surface area contributed by atoms with E-state index < -0.39 is 5.92 Å². The van der Waals surface area contributed by atoms with Gasteiger partial charge in [0, 0.05) is 6.92 Å². The van der Waals surface area contributed by atoms with Crippen molar-refractivity contribution in [3.05, 3.63) is 35.5 Å². The molecule has 0 atom stereocenters. The third-order valence-corrected chi connectivity index (χ3v) is 3.78. The van der Waals surface area contributed by atoms with Crippen molar-refractivity contribution in [2.75, 3.05) is 0 Å². The van der Waals surface area contributed by atoms with Crippen LogP contribution in [0.2, 0.25) is 0 Å². The molecule has 0 amide bonds. The summed E-state index contributed by atoms with van der Waals surface area (Å²) >= 11 is 0. The minimum Gasteiger partial charge on any atom is -0.202 e. The fraction of sp³-hybridized carbons (Fsp3) is 0.647. The lowest BCUT2D eigenvalue weighted by molar-refractivity contribution is 0.0634. The Bertz CT molecular complexity index is 363. The van der Waals surface area contributed by atoms with Crippen LogP contribution >= 0.6 is 0 Å². The normalized spacial score (nSPS) is 19.6. The Morgan fingerprint density at radius 1 is 1.16 bits per heavy atom. The molecule has 0 aliphatic heterocycles. The summed E-state index contributed by atoms with van der Waals surface area (Å²) in [5.74, 6) is -2.09. The van der Waals surface area contributed by atoms with E-state index in [2.05, 4.69) is 6.58 Å². The number of rotatable bonds is 5. The predicted octanol–water partition coefficient (Wildman–Crippen LogP) is 6.06. The van der Waals surface area contributed by atoms with E-state index in [-0.39, 0.29) is 5.57 Å². The van der Waals surface area contributed by atoms with E-state index >= 15 is 0 Å². The summed E-state index contributed by atoms with van der Waals surface area (Å²) in [4.78, 5) is 0. The highest BCUT2D eigenvalue weighted by atomic mass is 19.3. The Hall–Kier alpha value is -0.920. The summed E-state index contributed by atoms with van der Waals surface area (Å²) in [6, 6.07) is 0. The first-order valence-corrected chi connectivity index (χ1v) is 7.21. The molecule has 19 heavy (non-hydrogen) atoms. The van der Waals surface area contributed by atoms with Crippen molar-refractivity contribution < 1.29 is 8.78 Å². The highest BCUT2D eigenvalue weighted by Crippen LogP contribution is 2.31. The largest absolute Gasteiger partial charge is 0.266 e. The van der Waals surface area contributed by atoms with Crippen molar-refractivity contribution >= 4 is 0 Å².